The van der Waals surface area contributed by atoms with E-state index in [1.165, 1.54) is 6.92 Å². The van der Waals surface area contributed by atoms with Crippen LogP contribution in [-0.4, -0.2) is 129 Å². The highest BCUT2D eigenvalue weighted by Gasteiger charge is 2.61. The van der Waals surface area contributed by atoms with Gasteiger partial charge in [0, 0.05) is 13.8 Å². The van der Waals surface area contributed by atoms with Crippen molar-refractivity contribution >= 4 is 67.1 Å². The molecule has 3 amide bonds. The summed E-state index contributed by atoms with van der Waals surface area (Å²) >= 11 is 0. The van der Waals surface area contributed by atoms with E-state index in [1.807, 2.05) is 58.9 Å². The lowest BCUT2D eigenvalue weighted by atomic mass is 9.94. The number of carboxylic acids is 1. The van der Waals surface area contributed by atoms with Crippen LogP contribution in [0.1, 0.15) is 13.3 Å². The monoisotopic (exact) mass is 800 g/mol. The Morgan fingerprint density at radius 2 is 1.40 bits per heavy atom. The van der Waals surface area contributed by atoms with Gasteiger partial charge in [0.05, 0.1) is 21.9 Å². The van der Waals surface area contributed by atoms with Crippen molar-refractivity contribution in [1.29, 1.82) is 0 Å². The van der Waals surface area contributed by atoms with E-state index >= 15 is 0 Å². The van der Waals surface area contributed by atoms with Gasteiger partial charge in [-0.15, -0.1) is 0 Å². The van der Waals surface area contributed by atoms with E-state index in [0.717, 1.165) is 0 Å². The number of ether oxygens (including phenoxy) is 1. The number of aliphatic carboxylic acids is 1. The minimum Gasteiger partial charge on any atom is -0.479 e. The summed E-state index contributed by atoms with van der Waals surface area (Å²) in [6.07, 6.45) is -3.55. The van der Waals surface area contributed by atoms with Crippen molar-refractivity contribution in [3.63, 3.8) is 0 Å². The van der Waals surface area contributed by atoms with Gasteiger partial charge in [0.1, 0.15) is 49.6 Å². The third kappa shape index (κ3) is 12.2. The molecule has 1 rings (SSSR count). The van der Waals surface area contributed by atoms with Crippen molar-refractivity contribution in [2.45, 2.75) is 139 Å². The van der Waals surface area contributed by atoms with Gasteiger partial charge in [0.15, 0.2) is 0 Å². The van der Waals surface area contributed by atoms with E-state index in [9.17, 15) is 44.4 Å². The van der Waals surface area contributed by atoms with Crippen molar-refractivity contribution in [2.24, 2.45) is 5.73 Å². The third-order valence-electron chi connectivity index (χ3n) is 9.23. The molecule has 0 saturated heterocycles. The van der Waals surface area contributed by atoms with Crippen LogP contribution in [0.25, 0.3) is 0 Å². The largest absolute Gasteiger partial charge is 0.479 e. The van der Waals surface area contributed by atoms with Gasteiger partial charge in [-0.3, -0.25) is 14.4 Å². The SMILES string of the molecule is CC(NC(=O)CO[C@H]([C@@H](Nc1ccccc1)C(=O)[Si](C)(C)C)[C@](O)([C@H](O)C(O)[Si](C)(C)C)[Si](C)(C)C)C(=O)NC(CC[Si](C)(C)C)(C(N)=O)C(=O)O. The Labute approximate surface area is 312 Å². The molecule has 0 aliphatic heterocycles. The van der Waals surface area contributed by atoms with Gasteiger partial charge in [-0.2, -0.15) is 0 Å². The first-order chi connectivity index (χ1) is 23.3. The number of para-hydroxylation sites is 1. The van der Waals surface area contributed by atoms with Crippen molar-refractivity contribution < 1.29 is 49.1 Å². The number of benzene rings is 1. The Morgan fingerprint density at radius 3 is 1.81 bits per heavy atom. The molecule has 0 aliphatic rings. The lowest BCUT2D eigenvalue weighted by molar-refractivity contribution is -0.159. The number of hydrogen-bond donors (Lipinski definition) is 8. The fraction of sp³-hybridized carbons (Fsp3) is 0.676. The standard InChI is InChI=1S/C34H64N4O10Si4/c1-22(28(41)38-33(31(35)44,32(45)46)19-20-49(2,3)4)36-24(39)21-48-27(34(47,52(11,12)13)26(40)30(43)51(8,9)10)25(29(42)50(5,6)7)37-23-17-15-14-16-18-23/h14-18,22,25-27,30,37,40,43,47H,19-21H2,1-13H3,(H2,35,44)(H,36,39)(H,38,41)(H,45,46)/t22?,25-,26-,27-,30?,33?,34+/m1/s1. The maximum Gasteiger partial charge on any atom is 0.339 e. The van der Waals surface area contributed by atoms with Crippen LogP contribution in [0.5, 0.6) is 0 Å². The fourth-order valence-corrected chi connectivity index (χ4v) is 11.4. The quantitative estimate of drug-likeness (QED) is 0.0663. The number of carbonyl (C=O) groups is 5. The Kier molecular flexibility index (Phi) is 16.0. The summed E-state index contributed by atoms with van der Waals surface area (Å²) < 4.78 is 6.22. The first-order valence-electron chi connectivity index (χ1n) is 17.5. The second-order valence-corrected chi connectivity index (χ2v) is 39.3. The Hall–Kier alpha value is -2.72. The van der Waals surface area contributed by atoms with E-state index in [2.05, 4.69) is 16.0 Å². The smallest absolute Gasteiger partial charge is 0.339 e. The molecule has 14 nitrogen and oxygen atoms in total. The zero-order chi connectivity index (χ0) is 40.8. The topological polar surface area (TPSA) is 238 Å². The van der Waals surface area contributed by atoms with E-state index in [1.54, 1.807) is 50.0 Å². The molecule has 0 saturated carbocycles. The molecule has 0 fully saturated rings. The molecule has 0 spiro atoms. The van der Waals surface area contributed by atoms with E-state index in [-0.39, 0.29) is 11.8 Å². The zero-order valence-electron chi connectivity index (χ0n) is 33.2. The zero-order valence-corrected chi connectivity index (χ0v) is 37.2. The summed E-state index contributed by atoms with van der Waals surface area (Å²) in [6.45, 7) is 22.7. The van der Waals surface area contributed by atoms with Crippen LogP contribution in [0.4, 0.5) is 5.69 Å². The highest BCUT2D eigenvalue weighted by Crippen LogP contribution is 2.37. The van der Waals surface area contributed by atoms with Gasteiger partial charge < -0.3 is 51.6 Å². The molecule has 18 heteroatoms. The summed E-state index contributed by atoms with van der Waals surface area (Å²) in [6, 6.07) is 6.47. The Bertz CT molecular complexity index is 1410. The molecule has 0 aliphatic carbocycles. The molecule has 7 atom stereocenters. The van der Waals surface area contributed by atoms with Crippen LogP contribution in [0.15, 0.2) is 30.3 Å². The van der Waals surface area contributed by atoms with Crippen LogP contribution >= 0.6 is 0 Å². The molecule has 0 bridgehead atoms. The second kappa shape index (κ2) is 17.6. The minimum atomic E-state index is -3.08. The average molecular weight is 801 g/mol. The first kappa shape index (κ1) is 47.3. The molecule has 9 N–H and O–H groups in total. The number of amides is 3. The number of anilines is 1. The Balaban J connectivity index is 3.66. The van der Waals surface area contributed by atoms with Crippen molar-refractivity contribution in [3.8, 4) is 0 Å². The van der Waals surface area contributed by atoms with E-state index < -0.39 is 103 Å². The fourth-order valence-electron chi connectivity index (χ4n) is 5.60. The predicted molar refractivity (Wildman–Crippen MR) is 214 cm³/mol. The van der Waals surface area contributed by atoms with Gasteiger partial charge in [-0.05, 0) is 25.5 Å². The molecule has 52 heavy (non-hydrogen) atoms. The molecule has 0 heterocycles. The molecule has 3 unspecified atom stereocenters. The van der Waals surface area contributed by atoms with Crippen molar-refractivity contribution in [3.05, 3.63) is 30.3 Å². The van der Waals surface area contributed by atoms with Gasteiger partial charge in [-0.25, -0.2) is 4.79 Å². The lowest BCUT2D eigenvalue weighted by Gasteiger charge is -2.52. The summed E-state index contributed by atoms with van der Waals surface area (Å²) in [7, 11) is -10.2. The van der Waals surface area contributed by atoms with Crippen LogP contribution in [0, 0.1) is 0 Å². The number of nitrogens with two attached hydrogens (primary N) is 1. The van der Waals surface area contributed by atoms with Gasteiger partial charge >= 0.3 is 5.97 Å². The maximum absolute atomic E-state index is 14.3. The van der Waals surface area contributed by atoms with E-state index in [0.29, 0.717) is 11.7 Å². The molecule has 0 aromatic heterocycles. The predicted octanol–water partition coefficient (Wildman–Crippen LogP) is 2.16. The maximum atomic E-state index is 14.3. The third-order valence-corrected chi connectivity index (χ3v) is 17.8. The highest BCUT2D eigenvalue weighted by molar-refractivity contribution is 7.04. The number of primary amides is 1. The molecule has 296 valence electrons. The number of hydrogen-bond acceptors (Lipinski definition) is 10. The van der Waals surface area contributed by atoms with Crippen molar-refractivity contribution in [2.75, 3.05) is 11.9 Å². The highest BCUT2D eigenvalue weighted by atomic mass is 28.3. The number of carbonyl (C=O) groups excluding carboxylic acids is 4. The average Bonchev–Trinajstić information content (AvgIpc) is 2.99. The van der Waals surface area contributed by atoms with Crippen molar-refractivity contribution in [1.82, 2.24) is 10.6 Å². The number of aliphatic hydroxyl groups is 3. The normalized spacial score (nSPS) is 18.0. The molecule has 0 radical (unpaired) electrons. The summed E-state index contributed by atoms with van der Waals surface area (Å²) in [5.41, 5.74) is 2.29. The molecular weight excluding hydrogens is 737 g/mol. The van der Waals surface area contributed by atoms with Crippen LogP contribution in [-0.2, 0) is 28.7 Å². The summed E-state index contributed by atoms with van der Waals surface area (Å²) in [5.74, 6) is -4.71. The molecular formula is C34H64N4O10Si4. The number of rotatable bonds is 21. The summed E-state index contributed by atoms with van der Waals surface area (Å²) in [5, 5.41) is 51.5. The van der Waals surface area contributed by atoms with Gasteiger partial charge in [0.25, 0.3) is 5.91 Å². The minimum absolute atomic E-state index is 0.230. The Morgan fingerprint density at radius 1 is 0.885 bits per heavy atom. The lowest BCUT2D eigenvalue weighted by Crippen LogP contribution is -2.76. The van der Waals surface area contributed by atoms with Crippen LogP contribution < -0.4 is 21.7 Å². The molecule has 1 aromatic carbocycles. The van der Waals surface area contributed by atoms with Gasteiger partial charge in [0.2, 0.25) is 17.4 Å². The summed E-state index contributed by atoms with van der Waals surface area (Å²) in [4.78, 5) is 65.8. The number of nitrogens with one attached hydrogen (secondary N) is 3. The second-order valence-electron chi connectivity index (χ2n) is 18.1. The van der Waals surface area contributed by atoms with Crippen LogP contribution in [0.2, 0.25) is 84.6 Å². The number of carboxylic acid groups (broad SMARTS) is 1. The first-order valence-corrected chi connectivity index (χ1v) is 31.8. The van der Waals surface area contributed by atoms with E-state index in [4.69, 9.17) is 10.5 Å². The van der Waals surface area contributed by atoms with Crippen LogP contribution in [0.3, 0.4) is 0 Å². The van der Waals surface area contributed by atoms with Gasteiger partial charge in [-0.1, -0.05) is 103 Å². The number of aliphatic hydroxyl groups excluding tert-OH is 2. The molecule has 1 aromatic rings.